The minimum atomic E-state index is -0.333. The summed E-state index contributed by atoms with van der Waals surface area (Å²) in [5.41, 5.74) is 2.85. The summed E-state index contributed by atoms with van der Waals surface area (Å²) >= 11 is 5.98. The first-order valence-corrected chi connectivity index (χ1v) is 8.70. The van der Waals surface area contributed by atoms with Crippen molar-refractivity contribution in [3.8, 4) is 0 Å². The zero-order chi connectivity index (χ0) is 19.4. The molecule has 3 rings (SSSR count). The van der Waals surface area contributed by atoms with E-state index < -0.39 is 0 Å². The van der Waals surface area contributed by atoms with Crippen molar-refractivity contribution in [1.29, 1.82) is 0 Å². The molecular formula is C20H18ClFN4O. The minimum absolute atomic E-state index is 0.249. The van der Waals surface area contributed by atoms with Gasteiger partial charge >= 0.3 is 0 Å². The fraction of sp³-hybridized carbons (Fsp3) is 0.150. The van der Waals surface area contributed by atoms with Crippen LogP contribution in [-0.4, -0.2) is 15.9 Å². The Morgan fingerprint density at radius 3 is 2.52 bits per heavy atom. The molecule has 0 fully saturated rings. The lowest BCUT2D eigenvalue weighted by atomic mass is 10.2. The summed E-state index contributed by atoms with van der Waals surface area (Å²) in [7, 11) is 0. The predicted octanol–water partition coefficient (Wildman–Crippen LogP) is 4.56. The van der Waals surface area contributed by atoms with Crippen LogP contribution in [-0.2, 0) is 6.54 Å². The Morgan fingerprint density at radius 2 is 1.81 bits per heavy atom. The van der Waals surface area contributed by atoms with E-state index >= 15 is 0 Å². The molecule has 2 N–H and O–H groups in total. The van der Waals surface area contributed by atoms with Crippen LogP contribution in [0.25, 0.3) is 0 Å². The van der Waals surface area contributed by atoms with E-state index in [9.17, 15) is 9.18 Å². The van der Waals surface area contributed by atoms with Crippen molar-refractivity contribution >= 4 is 29.0 Å². The van der Waals surface area contributed by atoms with Gasteiger partial charge in [-0.2, -0.15) is 0 Å². The molecule has 1 amide bonds. The molecule has 5 nitrogen and oxygen atoms in total. The molecule has 0 aliphatic carbocycles. The molecule has 27 heavy (non-hydrogen) atoms. The van der Waals surface area contributed by atoms with Crippen LogP contribution < -0.4 is 10.6 Å². The van der Waals surface area contributed by atoms with Crippen LogP contribution in [0.5, 0.6) is 0 Å². The average Bonchev–Trinajstić information content (AvgIpc) is 2.63. The molecule has 0 aliphatic rings. The van der Waals surface area contributed by atoms with Crippen molar-refractivity contribution in [1.82, 2.24) is 15.3 Å². The predicted molar refractivity (Wildman–Crippen MR) is 104 cm³/mol. The average molecular weight is 385 g/mol. The molecule has 0 atom stereocenters. The number of carbonyl (C=O) groups excluding carboxylic acids is 1. The molecule has 3 aromatic rings. The Hall–Kier alpha value is -2.99. The number of benzene rings is 2. The number of rotatable bonds is 5. The van der Waals surface area contributed by atoms with Gasteiger partial charge in [-0.25, -0.2) is 14.4 Å². The van der Waals surface area contributed by atoms with Gasteiger partial charge in [0, 0.05) is 23.3 Å². The smallest absolute Gasteiger partial charge is 0.270 e. The van der Waals surface area contributed by atoms with E-state index in [0.29, 0.717) is 16.7 Å². The molecule has 138 valence electrons. The Bertz CT molecular complexity index is 976. The first-order chi connectivity index (χ1) is 12.9. The van der Waals surface area contributed by atoms with Gasteiger partial charge in [0.2, 0.25) is 0 Å². The SMILES string of the molecule is Cc1nc(Nc2ccc(Cl)cc2C)cc(C(=O)NCc2ccc(F)cc2)n1. The number of aryl methyl sites for hydroxylation is 2. The number of nitrogens with zero attached hydrogens (tertiary/aromatic N) is 2. The molecule has 0 radical (unpaired) electrons. The second kappa shape index (κ2) is 8.14. The van der Waals surface area contributed by atoms with E-state index in [2.05, 4.69) is 20.6 Å². The van der Waals surface area contributed by atoms with E-state index in [1.807, 2.05) is 19.1 Å². The summed E-state index contributed by atoms with van der Waals surface area (Å²) < 4.78 is 13.0. The van der Waals surface area contributed by atoms with Gasteiger partial charge in [0.15, 0.2) is 0 Å². The number of hydrogen-bond acceptors (Lipinski definition) is 4. The summed E-state index contributed by atoms with van der Waals surface area (Å²) in [6.07, 6.45) is 0. The third-order valence-corrected chi connectivity index (χ3v) is 4.12. The second-order valence-electron chi connectivity index (χ2n) is 6.08. The number of anilines is 2. The number of nitrogens with one attached hydrogen (secondary N) is 2. The van der Waals surface area contributed by atoms with Crippen LogP contribution in [0.1, 0.15) is 27.4 Å². The van der Waals surface area contributed by atoms with Crippen LogP contribution in [0.2, 0.25) is 5.02 Å². The van der Waals surface area contributed by atoms with E-state index in [1.54, 1.807) is 31.2 Å². The van der Waals surface area contributed by atoms with Gasteiger partial charge in [0.05, 0.1) is 0 Å². The highest BCUT2D eigenvalue weighted by molar-refractivity contribution is 6.30. The van der Waals surface area contributed by atoms with Crippen molar-refractivity contribution < 1.29 is 9.18 Å². The van der Waals surface area contributed by atoms with Crippen LogP contribution in [0.4, 0.5) is 15.9 Å². The molecule has 1 aromatic heterocycles. The first kappa shape index (κ1) is 18.8. The van der Waals surface area contributed by atoms with Gasteiger partial charge in [-0.1, -0.05) is 23.7 Å². The van der Waals surface area contributed by atoms with Gasteiger partial charge in [-0.05, 0) is 55.3 Å². The van der Waals surface area contributed by atoms with Crippen molar-refractivity contribution in [3.05, 3.63) is 82.0 Å². The Balaban J connectivity index is 1.73. The lowest BCUT2D eigenvalue weighted by Gasteiger charge is -2.11. The van der Waals surface area contributed by atoms with Gasteiger partial charge in [0.25, 0.3) is 5.91 Å². The Morgan fingerprint density at radius 1 is 1.07 bits per heavy atom. The zero-order valence-electron chi connectivity index (χ0n) is 14.9. The highest BCUT2D eigenvalue weighted by atomic mass is 35.5. The summed E-state index contributed by atoms with van der Waals surface area (Å²) in [6.45, 7) is 3.93. The van der Waals surface area contributed by atoms with Crippen LogP contribution in [0.3, 0.4) is 0 Å². The van der Waals surface area contributed by atoms with Crippen molar-refractivity contribution in [2.75, 3.05) is 5.32 Å². The van der Waals surface area contributed by atoms with Crippen molar-refractivity contribution in [2.45, 2.75) is 20.4 Å². The molecule has 0 unspecified atom stereocenters. The van der Waals surface area contributed by atoms with Gasteiger partial charge in [-0.3, -0.25) is 4.79 Å². The quantitative estimate of drug-likeness (QED) is 0.676. The molecule has 1 heterocycles. The molecule has 7 heteroatoms. The topological polar surface area (TPSA) is 66.9 Å². The summed E-state index contributed by atoms with van der Waals surface area (Å²) in [5, 5.41) is 6.61. The molecule has 0 saturated carbocycles. The molecule has 0 saturated heterocycles. The fourth-order valence-corrected chi connectivity index (χ4v) is 2.76. The van der Waals surface area contributed by atoms with E-state index in [-0.39, 0.29) is 24.0 Å². The van der Waals surface area contributed by atoms with E-state index in [0.717, 1.165) is 16.8 Å². The summed E-state index contributed by atoms with van der Waals surface area (Å²) in [4.78, 5) is 21.0. The van der Waals surface area contributed by atoms with Gasteiger partial charge in [0.1, 0.15) is 23.2 Å². The lowest BCUT2D eigenvalue weighted by Crippen LogP contribution is -2.24. The number of aromatic nitrogens is 2. The molecular weight excluding hydrogens is 367 g/mol. The van der Waals surface area contributed by atoms with Gasteiger partial charge < -0.3 is 10.6 Å². The Labute approximate surface area is 161 Å². The van der Waals surface area contributed by atoms with E-state index in [4.69, 9.17) is 11.6 Å². The highest BCUT2D eigenvalue weighted by Crippen LogP contribution is 2.23. The standard InChI is InChI=1S/C20H18ClFN4O/c1-12-9-15(21)5-8-17(12)26-19-10-18(24-13(2)25-19)20(27)23-11-14-3-6-16(22)7-4-14/h3-10H,11H2,1-2H3,(H,23,27)(H,24,25,26). The second-order valence-corrected chi connectivity index (χ2v) is 6.52. The van der Waals surface area contributed by atoms with Crippen molar-refractivity contribution in [3.63, 3.8) is 0 Å². The van der Waals surface area contributed by atoms with Crippen molar-refractivity contribution in [2.24, 2.45) is 0 Å². The van der Waals surface area contributed by atoms with Gasteiger partial charge in [-0.15, -0.1) is 0 Å². The monoisotopic (exact) mass is 384 g/mol. The molecule has 0 spiro atoms. The highest BCUT2D eigenvalue weighted by Gasteiger charge is 2.11. The molecule has 0 bridgehead atoms. The van der Waals surface area contributed by atoms with Crippen LogP contribution in [0.15, 0.2) is 48.5 Å². The first-order valence-electron chi connectivity index (χ1n) is 8.32. The van der Waals surface area contributed by atoms with Crippen LogP contribution in [0, 0.1) is 19.7 Å². The summed E-state index contributed by atoms with van der Waals surface area (Å²) in [5.74, 6) is 0.337. The number of carbonyl (C=O) groups is 1. The number of halogens is 2. The van der Waals surface area contributed by atoms with Crippen LogP contribution >= 0.6 is 11.6 Å². The largest absolute Gasteiger partial charge is 0.347 e. The number of hydrogen-bond donors (Lipinski definition) is 2. The maximum absolute atomic E-state index is 13.0. The lowest BCUT2D eigenvalue weighted by molar-refractivity contribution is 0.0945. The zero-order valence-corrected chi connectivity index (χ0v) is 15.6. The molecule has 2 aromatic carbocycles. The molecule has 0 aliphatic heterocycles. The Kier molecular flexibility index (Phi) is 5.66. The maximum atomic E-state index is 13.0. The normalized spacial score (nSPS) is 10.5. The minimum Gasteiger partial charge on any atom is -0.347 e. The summed E-state index contributed by atoms with van der Waals surface area (Å²) in [6, 6.07) is 13.0. The number of amides is 1. The van der Waals surface area contributed by atoms with E-state index in [1.165, 1.54) is 12.1 Å². The third kappa shape index (κ3) is 5.01. The fourth-order valence-electron chi connectivity index (χ4n) is 2.53. The maximum Gasteiger partial charge on any atom is 0.270 e. The third-order valence-electron chi connectivity index (χ3n) is 3.89.